The third-order valence-electron chi connectivity index (χ3n) is 3.87. The van der Waals surface area contributed by atoms with Gasteiger partial charge in [0.1, 0.15) is 0 Å². The van der Waals surface area contributed by atoms with Crippen molar-refractivity contribution < 1.29 is 9.90 Å². The highest BCUT2D eigenvalue weighted by atomic mass is 16.3. The summed E-state index contributed by atoms with van der Waals surface area (Å²) in [6, 6.07) is 8.14. The molecule has 0 aromatic heterocycles. The van der Waals surface area contributed by atoms with Crippen LogP contribution < -0.4 is 5.32 Å². The Morgan fingerprint density at radius 2 is 2.10 bits per heavy atom. The van der Waals surface area contributed by atoms with Crippen molar-refractivity contribution in [3.05, 3.63) is 35.4 Å². The molecular formula is C16H25N3O2. The Kier molecular flexibility index (Phi) is 5.59. The average molecular weight is 291 g/mol. The number of likely N-dealkylation sites (tertiary alicyclic amines) is 1. The number of urea groups is 1. The highest BCUT2D eigenvalue weighted by Gasteiger charge is 2.25. The smallest absolute Gasteiger partial charge is 0.317 e. The van der Waals surface area contributed by atoms with Crippen molar-refractivity contribution in [2.75, 3.05) is 33.8 Å². The largest absolute Gasteiger partial charge is 0.396 e. The Morgan fingerprint density at radius 3 is 2.71 bits per heavy atom. The molecule has 0 saturated carbocycles. The van der Waals surface area contributed by atoms with Crippen LogP contribution in [0.2, 0.25) is 0 Å². The zero-order valence-electron chi connectivity index (χ0n) is 12.9. The molecule has 2 amide bonds. The zero-order chi connectivity index (χ0) is 15.2. The molecule has 1 aromatic rings. The SMILES string of the molecule is CN(C)Cc1ccccc1CNC(=O)N1CC[C@@H](CO)C1. The maximum Gasteiger partial charge on any atom is 0.317 e. The van der Waals surface area contributed by atoms with Gasteiger partial charge in [-0.3, -0.25) is 0 Å². The minimum absolute atomic E-state index is 0.0365. The van der Waals surface area contributed by atoms with Crippen LogP contribution in [0.4, 0.5) is 4.79 Å². The van der Waals surface area contributed by atoms with Crippen LogP contribution >= 0.6 is 0 Å². The van der Waals surface area contributed by atoms with Crippen LogP contribution in [-0.4, -0.2) is 54.7 Å². The van der Waals surface area contributed by atoms with E-state index in [2.05, 4.69) is 22.3 Å². The van der Waals surface area contributed by atoms with Crippen molar-refractivity contribution in [3.8, 4) is 0 Å². The fourth-order valence-electron chi connectivity index (χ4n) is 2.67. The summed E-state index contributed by atoms with van der Waals surface area (Å²) in [6.45, 7) is 2.96. The molecule has 1 aliphatic rings. The van der Waals surface area contributed by atoms with Gasteiger partial charge in [0.2, 0.25) is 0 Å². The van der Waals surface area contributed by atoms with E-state index in [1.807, 2.05) is 26.2 Å². The van der Waals surface area contributed by atoms with Gasteiger partial charge in [-0.2, -0.15) is 0 Å². The fourth-order valence-corrected chi connectivity index (χ4v) is 2.67. The van der Waals surface area contributed by atoms with Gasteiger partial charge in [0, 0.05) is 38.7 Å². The van der Waals surface area contributed by atoms with Crippen LogP contribution in [-0.2, 0) is 13.1 Å². The zero-order valence-corrected chi connectivity index (χ0v) is 12.9. The molecule has 1 aliphatic heterocycles. The summed E-state index contributed by atoms with van der Waals surface area (Å²) in [6.07, 6.45) is 0.890. The van der Waals surface area contributed by atoms with Gasteiger partial charge in [-0.25, -0.2) is 4.79 Å². The summed E-state index contributed by atoms with van der Waals surface area (Å²) < 4.78 is 0. The van der Waals surface area contributed by atoms with E-state index < -0.39 is 0 Å². The van der Waals surface area contributed by atoms with Crippen molar-refractivity contribution in [2.24, 2.45) is 5.92 Å². The highest BCUT2D eigenvalue weighted by Crippen LogP contribution is 2.16. The number of amides is 2. The molecule has 0 unspecified atom stereocenters. The quantitative estimate of drug-likeness (QED) is 0.859. The van der Waals surface area contributed by atoms with Crippen LogP contribution in [0.3, 0.4) is 0 Å². The first kappa shape index (κ1) is 15.8. The lowest BCUT2D eigenvalue weighted by molar-refractivity contribution is 0.198. The van der Waals surface area contributed by atoms with E-state index in [9.17, 15) is 4.79 Å². The second kappa shape index (κ2) is 7.43. The van der Waals surface area contributed by atoms with Crippen molar-refractivity contribution >= 4 is 6.03 Å². The number of carbonyl (C=O) groups excluding carboxylic acids is 1. The maximum atomic E-state index is 12.1. The second-order valence-corrected chi connectivity index (χ2v) is 5.95. The molecular weight excluding hydrogens is 266 g/mol. The van der Waals surface area contributed by atoms with E-state index in [-0.39, 0.29) is 18.6 Å². The Morgan fingerprint density at radius 1 is 1.38 bits per heavy atom. The van der Waals surface area contributed by atoms with Crippen LogP contribution in [0.5, 0.6) is 0 Å². The first-order chi connectivity index (χ1) is 10.1. The van der Waals surface area contributed by atoms with Crippen molar-refractivity contribution in [1.82, 2.24) is 15.1 Å². The number of rotatable bonds is 5. The van der Waals surface area contributed by atoms with E-state index in [1.54, 1.807) is 4.90 Å². The van der Waals surface area contributed by atoms with Crippen LogP contribution in [0.25, 0.3) is 0 Å². The standard InChI is InChI=1S/C16H25N3O2/c1-18(2)11-15-6-4-3-5-14(15)9-17-16(21)19-8-7-13(10-19)12-20/h3-6,13,20H,7-12H2,1-2H3,(H,17,21)/t13-/m1/s1. The van der Waals surface area contributed by atoms with Crippen molar-refractivity contribution in [2.45, 2.75) is 19.5 Å². The molecule has 116 valence electrons. The predicted octanol–water partition coefficient (Wildman–Crippen LogP) is 1.27. The summed E-state index contributed by atoms with van der Waals surface area (Å²) in [7, 11) is 4.07. The predicted molar refractivity (Wildman–Crippen MR) is 82.8 cm³/mol. The molecule has 1 saturated heterocycles. The second-order valence-electron chi connectivity index (χ2n) is 5.95. The minimum atomic E-state index is -0.0365. The number of aliphatic hydroxyl groups excluding tert-OH is 1. The fraction of sp³-hybridized carbons (Fsp3) is 0.562. The number of nitrogens with zero attached hydrogens (tertiary/aromatic N) is 2. The normalized spacial score (nSPS) is 18.3. The van der Waals surface area contributed by atoms with Gasteiger partial charge in [-0.1, -0.05) is 24.3 Å². The molecule has 0 bridgehead atoms. The van der Waals surface area contributed by atoms with E-state index in [1.165, 1.54) is 5.56 Å². The Bertz CT molecular complexity index is 476. The molecule has 0 spiro atoms. The van der Waals surface area contributed by atoms with E-state index in [0.717, 1.165) is 25.1 Å². The molecule has 21 heavy (non-hydrogen) atoms. The van der Waals surface area contributed by atoms with Gasteiger partial charge in [-0.15, -0.1) is 0 Å². The number of aliphatic hydroxyl groups is 1. The maximum absolute atomic E-state index is 12.1. The molecule has 1 atom stereocenters. The molecule has 1 aromatic carbocycles. The van der Waals surface area contributed by atoms with E-state index in [4.69, 9.17) is 5.11 Å². The lowest BCUT2D eigenvalue weighted by Gasteiger charge is -2.19. The Balaban J connectivity index is 1.89. The number of benzene rings is 1. The van der Waals surface area contributed by atoms with Crippen LogP contribution in [0, 0.1) is 5.92 Å². The number of hydrogen-bond acceptors (Lipinski definition) is 3. The van der Waals surface area contributed by atoms with E-state index in [0.29, 0.717) is 13.1 Å². The lowest BCUT2D eigenvalue weighted by atomic mass is 10.1. The molecule has 2 N–H and O–H groups in total. The molecule has 1 fully saturated rings. The third kappa shape index (κ3) is 4.44. The molecule has 0 radical (unpaired) electrons. The summed E-state index contributed by atoms with van der Waals surface area (Å²) in [5.41, 5.74) is 2.38. The minimum Gasteiger partial charge on any atom is -0.396 e. The van der Waals surface area contributed by atoms with Gasteiger partial charge in [0.05, 0.1) is 0 Å². The number of hydrogen-bond donors (Lipinski definition) is 2. The third-order valence-corrected chi connectivity index (χ3v) is 3.87. The summed E-state index contributed by atoms with van der Waals surface area (Å²) in [4.78, 5) is 16.0. The molecule has 1 heterocycles. The van der Waals surface area contributed by atoms with Crippen molar-refractivity contribution in [3.63, 3.8) is 0 Å². The first-order valence-corrected chi connectivity index (χ1v) is 7.45. The molecule has 5 nitrogen and oxygen atoms in total. The number of nitrogens with one attached hydrogen (secondary N) is 1. The van der Waals surface area contributed by atoms with Gasteiger partial charge in [0.25, 0.3) is 0 Å². The number of carbonyl (C=O) groups is 1. The topological polar surface area (TPSA) is 55.8 Å². The van der Waals surface area contributed by atoms with Gasteiger partial charge in [-0.05, 0) is 31.6 Å². The van der Waals surface area contributed by atoms with Crippen LogP contribution in [0.15, 0.2) is 24.3 Å². The molecule has 0 aliphatic carbocycles. The first-order valence-electron chi connectivity index (χ1n) is 7.45. The summed E-state index contributed by atoms with van der Waals surface area (Å²) in [5.74, 6) is 0.233. The monoisotopic (exact) mass is 291 g/mol. The summed E-state index contributed by atoms with van der Waals surface area (Å²) in [5, 5.41) is 12.1. The Hall–Kier alpha value is -1.59. The molecule has 2 rings (SSSR count). The van der Waals surface area contributed by atoms with E-state index >= 15 is 0 Å². The van der Waals surface area contributed by atoms with Gasteiger partial charge in [0.15, 0.2) is 0 Å². The lowest BCUT2D eigenvalue weighted by Crippen LogP contribution is -2.38. The molecule has 5 heteroatoms. The van der Waals surface area contributed by atoms with Gasteiger partial charge >= 0.3 is 6.03 Å². The average Bonchev–Trinajstić information content (AvgIpc) is 2.94. The van der Waals surface area contributed by atoms with Crippen molar-refractivity contribution in [1.29, 1.82) is 0 Å². The highest BCUT2D eigenvalue weighted by molar-refractivity contribution is 5.74. The van der Waals surface area contributed by atoms with Crippen LogP contribution in [0.1, 0.15) is 17.5 Å². The Labute approximate surface area is 126 Å². The summed E-state index contributed by atoms with van der Waals surface area (Å²) >= 11 is 0. The van der Waals surface area contributed by atoms with Gasteiger partial charge < -0.3 is 20.2 Å².